The molecular formula is C26H38N4O2. The third-order valence-corrected chi connectivity index (χ3v) is 6.95. The molecule has 1 aromatic heterocycles. The van der Waals surface area contributed by atoms with Gasteiger partial charge in [0.25, 0.3) is 0 Å². The molecule has 2 saturated heterocycles. The van der Waals surface area contributed by atoms with E-state index >= 15 is 0 Å². The number of benzene rings is 1. The number of hydrogen-bond donors (Lipinski definition) is 1. The van der Waals surface area contributed by atoms with E-state index in [1.165, 1.54) is 5.56 Å². The number of piperazine rings is 1. The molecule has 174 valence electrons. The molecule has 2 atom stereocenters. The Labute approximate surface area is 192 Å². The number of piperidine rings is 1. The Balaban J connectivity index is 1.28. The molecule has 0 spiro atoms. The maximum absolute atomic E-state index is 13.1. The Hall–Kier alpha value is -2.18. The quantitative estimate of drug-likeness (QED) is 0.748. The van der Waals surface area contributed by atoms with Gasteiger partial charge in [-0.25, -0.2) is 0 Å². The molecule has 0 aliphatic carbocycles. The summed E-state index contributed by atoms with van der Waals surface area (Å²) in [6.07, 6.45) is 2.57. The molecule has 1 amide bonds. The molecule has 6 heteroatoms. The van der Waals surface area contributed by atoms with Gasteiger partial charge in [-0.3, -0.25) is 9.69 Å². The Morgan fingerprint density at radius 1 is 1.12 bits per heavy atom. The highest BCUT2D eigenvalue weighted by molar-refractivity contribution is 5.76. The number of aromatic nitrogens is 1. The van der Waals surface area contributed by atoms with Crippen molar-refractivity contribution in [3.8, 4) is 0 Å². The maximum Gasteiger partial charge on any atom is 0.222 e. The van der Waals surface area contributed by atoms with Crippen LogP contribution in [-0.2, 0) is 23.2 Å². The molecule has 2 aromatic rings. The van der Waals surface area contributed by atoms with Crippen molar-refractivity contribution in [2.24, 2.45) is 11.8 Å². The molecule has 0 bridgehead atoms. The van der Waals surface area contributed by atoms with Crippen LogP contribution in [0.25, 0.3) is 0 Å². The predicted octanol–water partition coefficient (Wildman–Crippen LogP) is 3.47. The van der Waals surface area contributed by atoms with Gasteiger partial charge in [-0.1, -0.05) is 56.3 Å². The molecule has 0 saturated carbocycles. The number of nitrogens with zero attached hydrogens (tertiary/aromatic N) is 3. The fraction of sp³-hybridized carbons (Fsp3) is 0.615. The van der Waals surface area contributed by atoms with Crippen LogP contribution in [0.2, 0.25) is 0 Å². The number of rotatable bonds is 6. The number of carbonyl (C=O) groups is 1. The van der Waals surface area contributed by atoms with Crippen molar-refractivity contribution >= 4 is 5.91 Å². The topological polar surface area (TPSA) is 61.6 Å². The lowest BCUT2D eigenvalue weighted by atomic mass is 9.80. The lowest BCUT2D eigenvalue weighted by Crippen LogP contribution is -2.49. The van der Waals surface area contributed by atoms with Gasteiger partial charge >= 0.3 is 0 Å². The first-order chi connectivity index (χ1) is 15.4. The van der Waals surface area contributed by atoms with Crippen LogP contribution in [0.4, 0.5) is 0 Å². The summed E-state index contributed by atoms with van der Waals surface area (Å²) in [5, 5.41) is 7.83. The zero-order chi connectivity index (χ0) is 22.6. The van der Waals surface area contributed by atoms with E-state index in [-0.39, 0.29) is 5.41 Å². The molecule has 2 aliphatic heterocycles. The number of hydrogen-bond acceptors (Lipinski definition) is 5. The van der Waals surface area contributed by atoms with Gasteiger partial charge in [0.2, 0.25) is 5.91 Å². The van der Waals surface area contributed by atoms with E-state index < -0.39 is 0 Å². The van der Waals surface area contributed by atoms with Gasteiger partial charge in [0.15, 0.2) is 0 Å². The Bertz CT molecular complexity index is 865. The normalized spacial score (nSPS) is 22.8. The lowest BCUT2D eigenvalue weighted by molar-refractivity contribution is -0.134. The molecule has 2 fully saturated rings. The average Bonchev–Trinajstić information content (AvgIpc) is 3.26. The van der Waals surface area contributed by atoms with E-state index in [9.17, 15) is 4.79 Å². The smallest absolute Gasteiger partial charge is 0.222 e. The minimum atomic E-state index is -0.0336. The van der Waals surface area contributed by atoms with Gasteiger partial charge in [-0.05, 0) is 43.3 Å². The van der Waals surface area contributed by atoms with Gasteiger partial charge < -0.3 is 14.7 Å². The van der Waals surface area contributed by atoms with Gasteiger partial charge in [-0.15, -0.1) is 0 Å². The van der Waals surface area contributed by atoms with Crippen molar-refractivity contribution in [2.45, 2.75) is 52.0 Å². The van der Waals surface area contributed by atoms with E-state index in [1.807, 2.05) is 0 Å². The number of carbonyl (C=O) groups excluding carboxylic acids is 1. The first kappa shape index (κ1) is 23.0. The van der Waals surface area contributed by atoms with Gasteiger partial charge in [0.1, 0.15) is 5.76 Å². The second kappa shape index (κ2) is 10.2. The standard InChI is InChI=1S/C26H38N4O2/c1-26(2,3)24-17-23(28-32-24)15-22-18-27-10-9-21(22)16-25(31)30-13-11-29(12-14-30)19-20-7-5-4-6-8-20/h4-8,17,21-22,27H,9-16,18-19H2,1-3H3/t21-,22+/m0/s1. The number of nitrogens with one attached hydrogen (secondary N) is 1. The van der Waals surface area contributed by atoms with Crippen molar-refractivity contribution in [3.63, 3.8) is 0 Å². The second-order valence-electron chi connectivity index (χ2n) is 10.5. The van der Waals surface area contributed by atoms with Crippen LogP contribution in [0.1, 0.15) is 50.6 Å². The van der Waals surface area contributed by atoms with Crippen LogP contribution >= 0.6 is 0 Å². The van der Waals surface area contributed by atoms with Crippen molar-refractivity contribution in [1.29, 1.82) is 0 Å². The Morgan fingerprint density at radius 3 is 2.56 bits per heavy atom. The molecule has 0 unspecified atom stereocenters. The second-order valence-corrected chi connectivity index (χ2v) is 10.5. The minimum Gasteiger partial charge on any atom is -0.361 e. The predicted molar refractivity (Wildman–Crippen MR) is 126 cm³/mol. The molecule has 2 aliphatic rings. The summed E-state index contributed by atoms with van der Waals surface area (Å²) < 4.78 is 5.58. The molecule has 4 rings (SSSR count). The summed E-state index contributed by atoms with van der Waals surface area (Å²) in [5.41, 5.74) is 2.32. The summed E-state index contributed by atoms with van der Waals surface area (Å²) in [4.78, 5) is 17.6. The summed E-state index contributed by atoms with van der Waals surface area (Å²) in [5.74, 6) is 2.07. The average molecular weight is 439 g/mol. The summed E-state index contributed by atoms with van der Waals surface area (Å²) >= 11 is 0. The summed E-state index contributed by atoms with van der Waals surface area (Å²) in [7, 11) is 0. The molecule has 6 nitrogen and oxygen atoms in total. The van der Waals surface area contributed by atoms with Gasteiger partial charge in [0, 0.05) is 50.6 Å². The third-order valence-electron chi connectivity index (χ3n) is 6.95. The van der Waals surface area contributed by atoms with Crippen LogP contribution in [0.15, 0.2) is 40.9 Å². The first-order valence-corrected chi connectivity index (χ1v) is 12.1. The van der Waals surface area contributed by atoms with Crippen molar-refractivity contribution in [3.05, 3.63) is 53.4 Å². The van der Waals surface area contributed by atoms with Crippen molar-refractivity contribution in [1.82, 2.24) is 20.3 Å². The fourth-order valence-electron chi connectivity index (χ4n) is 4.87. The molecular weight excluding hydrogens is 400 g/mol. The van der Waals surface area contributed by atoms with Crippen LogP contribution in [0.3, 0.4) is 0 Å². The monoisotopic (exact) mass is 438 g/mol. The first-order valence-electron chi connectivity index (χ1n) is 12.1. The number of amides is 1. The summed E-state index contributed by atoms with van der Waals surface area (Å²) in [6, 6.07) is 12.7. The van der Waals surface area contributed by atoms with Crippen molar-refractivity contribution in [2.75, 3.05) is 39.3 Å². The van der Waals surface area contributed by atoms with Crippen LogP contribution < -0.4 is 5.32 Å². The highest BCUT2D eigenvalue weighted by Gasteiger charge is 2.31. The van der Waals surface area contributed by atoms with Gasteiger partial charge in [0.05, 0.1) is 5.69 Å². The molecule has 3 heterocycles. The zero-order valence-electron chi connectivity index (χ0n) is 19.8. The van der Waals surface area contributed by atoms with Crippen LogP contribution in [-0.4, -0.2) is 60.1 Å². The van der Waals surface area contributed by atoms with E-state index in [0.29, 0.717) is 24.2 Å². The molecule has 0 radical (unpaired) electrons. The largest absolute Gasteiger partial charge is 0.361 e. The highest BCUT2D eigenvalue weighted by Crippen LogP contribution is 2.29. The molecule has 1 aromatic carbocycles. The third kappa shape index (κ3) is 5.99. The van der Waals surface area contributed by atoms with Crippen LogP contribution in [0.5, 0.6) is 0 Å². The maximum atomic E-state index is 13.1. The van der Waals surface area contributed by atoms with E-state index in [0.717, 1.165) is 70.1 Å². The van der Waals surface area contributed by atoms with E-state index in [4.69, 9.17) is 4.52 Å². The minimum absolute atomic E-state index is 0.0336. The SMILES string of the molecule is CC(C)(C)c1cc(C[C@@H]2CNCC[C@H]2CC(=O)N2CCN(Cc3ccccc3)CC2)no1. The zero-order valence-corrected chi connectivity index (χ0v) is 19.8. The summed E-state index contributed by atoms with van der Waals surface area (Å²) in [6.45, 7) is 12.9. The Kier molecular flexibility index (Phi) is 7.31. The molecule has 32 heavy (non-hydrogen) atoms. The Morgan fingerprint density at radius 2 is 1.88 bits per heavy atom. The highest BCUT2D eigenvalue weighted by atomic mass is 16.5. The van der Waals surface area contributed by atoms with Gasteiger partial charge in [-0.2, -0.15) is 0 Å². The van der Waals surface area contributed by atoms with Crippen molar-refractivity contribution < 1.29 is 9.32 Å². The van der Waals surface area contributed by atoms with Crippen LogP contribution in [0, 0.1) is 11.8 Å². The fourth-order valence-corrected chi connectivity index (χ4v) is 4.87. The van der Waals surface area contributed by atoms with E-state index in [1.54, 1.807) is 0 Å². The lowest BCUT2D eigenvalue weighted by Gasteiger charge is -2.37. The molecule has 1 N–H and O–H groups in total. The van der Waals surface area contributed by atoms with E-state index in [2.05, 4.69) is 77.4 Å².